The molecule has 0 aliphatic rings. The zero-order chi connectivity index (χ0) is 20.8. The highest BCUT2D eigenvalue weighted by atomic mass is 19.1. The number of rotatable bonds is 4. The second kappa shape index (κ2) is 6.73. The van der Waals surface area contributed by atoms with Crippen molar-refractivity contribution in [2.75, 3.05) is 18.2 Å². The number of ether oxygens (including phenoxy) is 1. The highest BCUT2D eigenvalue weighted by Gasteiger charge is 2.17. The summed E-state index contributed by atoms with van der Waals surface area (Å²) in [5.74, 6) is 0.681. The smallest absolute Gasteiger partial charge is 0.231 e. The summed E-state index contributed by atoms with van der Waals surface area (Å²) in [7, 11) is 3.44. The first-order valence-electron chi connectivity index (χ1n) is 9.21. The molecular weight excluding hydrogens is 385 g/mol. The lowest BCUT2D eigenvalue weighted by Gasteiger charge is -2.12. The van der Waals surface area contributed by atoms with Gasteiger partial charge in [-0.15, -0.1) is 0 Å². The molecule has 5 aromatic rings. The van der Waals surface area contributed by atoms with Gasteiger partial charge in [-0.2, -0.15) is 19.6 Å². The van der Waals surface area contributed by atoms with E-state index in [0.717, 1.165) is 16.5 Å². The summed E-state index contributed by atoms with van der Waals surface area (Å²) in [5.41, 5.74) is 8.80. The van der Waals surface area contributed by atoms with Gasteiger partial charge in [0.15, 0.2) is 11.5 Å². The van der Waals surface area contributed by atoms with Crippen molar-refractivity contribution in [2.45, 2.75) is 0 Å². The van der Waals surface area contributed by atoms with Gasteiger partial charge in [0, 0.05) is 41.8 Å². The standard InChI is InChI=1S/C21H18FN7O/c1-28-11-13(12-5-3-4-6-17(12)28)20-27-21(26-19-7-8-24-29(19)20)25-16-10-15(23)14(22)9-18(16)30-2/h3-11H,23H2,1-2H3,(H,25,26). The van der Waals surface area contributed by atoms with E-state index in [-0.39, 0.29) is 5.69 Å². The SMILES string of the molecule is COc1cc(F)c(N)cc1Nc1nc(-c2cn(C)c3ccccc23)n2nccc2n1. The number of halogens is 1. The third-order valence-corrected chi connectivity index (χ3v) is 4.96. The lowest BCUT2D eigenvalue weighted by molar-refractivity contribution is 0.413. The number of benzene rings is 2. The molecule has 3 N–H and O–H groups in total. The molecule has 9 heteroatoms. The Labute approximate surface area is 170 Å². The number of nitrogens with one attached hydrogen (secondary N) is 1. The van der Waals surface area contributed by atoms with Gasteiger partial charge >= 0.3 is 0 Å². The molecule has 0 amide bonds. The maximum atomic E-state index is 13.8. The molecule has 0 aliphatic carbocycles. The van der Waals surface area contributed by atoms with E-state index in [1.54, 1.807) is 16.8 Å². The van der Waals surface area contributed by atoms with Gasteiger partial charge in [-0.1, -0.05) is 18.2 Å². The third kappa shape index (κ3) is 2.79. The summed E-state index contributed by atoms with van der Waals surface area (Å²) >= 11 is 0. The van der Waals surface area contributed by atoms with Crippen LogP contribution in [0, 0.1) is 5.82 Å². The molecule has 5 rings (SSSR count). The molecule has 3 heterocycles. The van der Waals surface area contributed by atoms with Crippen molar-refractivity contribution in [3.8, 4) is 17.1 Å². The predicted octanol–water partition coefficient (Wildman–Crippen LogP) is 3.76. The molecule has 150 valence electrons. The molecule has 8 nitrogen and oxygen atoms in total. The minimum absolute atomic E-state index is 0.00184. The molecule has 3 aromatic heterocycles. The number of hydrogen-bond donors (Lipinski definition) is 2. The molecule has 2 aromatic carbocycles. The summed E-state index contributed by atoms with van der Waals surface area (Å²) < 4.78 is 22.8. The molecule has 0 saturated heterocycles. The van der Waals surface area contributed by atoms with E-state index in [4.69, 9.17) is 15.5 Å². The Balaban J connectivity index is 1.69. The number of aromatic nitrogens is 5. The van der Waals surface area contributed by atoms with E-state index in [1.807, 2.05) is 42.1 Å². The van der Waals surface area contributed by atoms with E-state index < -0.39 is 5.82 Å². The maximum absolute atomic E-state index is 13.8. The van der Waals surface area contributed by atoms with Crippen LogP contribution in [-0.2, 0) is 7.05 Å². The van der Waals surface area contributed by atoms with E-state index >= 15 is 0 Å². The van der Waals surface area contributed by atoms with Crippen LogP contribution in [0.1, 0.15) is 0 Å². The minimum Gasteiger partial charge on any atom is -0.494 e. The van der Waals surface area contributed by atoms with Gasteiger partial charge in [0.2, 0.25) is 5.95 Å². The van der Waals surface area contributed by atoms with Crippen LogP contribution in [0.4, 0.5) is 21.7 Å². The van der Waals surface area contributed by atoms with Gasteiger partial charge in [0.25, 0.3) is 0 Å². The molecule has 0 spiro atoms. The highest BCUT2D eigenvalue weighted by molar-refractivity contribution is 5.94. The van der Waals surface area contributed by atoms with Crippen molar-refractivity contribution in [3.63, 3.8) is 0 Å². The Morgan fingerprint density at radius 3 is 2.80 bits per heavy atom. The van der Waals surface area contributed by atoms with Gasteiger partial charge in [0.1, 0.15) is 11.6 Å². The summed E-state index contributed by atoms with van der Waals surface area (Å²) in [5, 5.41) is 8.52. The maximum Gasteiger partial charge on any atom is 0.231 e. The van der Waals surface area contributed by atoms with Crippen LogP contribution in [0.25, 0.3) is 27.9 Å². The second-order valence-corrected chi connectivity index (χ2v) is 6.84. The topological polar surface area (TPSA) is 95.3 Å². The van der Waals surface area contributed by atoms with Crippen molar-refractivity contribution >= 4 is 33.9 Å². The van der Waals surface area contributed by atoms with Crippen molar-refractivity contribution in [1.82, 2.24) is 24.1 Å². The zero-order valence-corrected chi connectivity index (χ0v) is 16.3. The summed E-state index contributed by atoms with van der Waals surface area (Å²) in [4.78, 5) is 9.22. The lowest BCUT2D eigenvalue weighted by atomic mass is 10.1. The number of anilines is 3. The molecule has 0 atom stereocenters. The molecule has 0 radical (unpaired) electrons. The van der Waals surface area contributed by atoms with Crippen LogP contribution in [0.3, 0.4) is 0 Å². The van der Waals surface area contributed by atoms with Crippen molar-refractivity contribution in [1.29, 1.82) is 0 Å². The minimum atomic E-state index is -0.555. The third-order valence-electron chi connectivity index (χ3n) is 4.96. The van der Waals surface area contributed by atoms with Gasteiger partial charge in [0.05, 0.1) is 24.7 Å². The molecular formula is C21H18FN7O. The number of nitrogens with zero attached hydrogens (tertiary/aromatic N) is 5. The van der Waals surface area contributed by atoms with E-state index in [2.05, 4.69) is 15.4 Å². The number of aryl methyl sites for hydroxylation is 1. The van der Waals surface area contributed by atoms with Crippen LogP contribution in [-0.4, -0.2) is 31.3 Å². The largest absolute Gasteiger partial charge is 0.494 e. The van der Waals surface area contributed by atoms with E-state index in [9.17, 15) is 4.39 Å². The van der Waals surface area contributed by atoms with E-state index in [1.165, 1.54) is 19.2 Å². The molecule has 0 fully saturated rings. The fourth-order valence-corrected chi connectivity index (χ4v) is 3.53. The second-order valence-electron chi connectivity index (χ2n) is 6.84. The Morgan fingerprint density at radius 1 is 1.13 bits per heavy atom. The molecule has 0 saturated carbocycles. The quantitative estimate of drug-likeness (QED) is 0.444. The van der Waals surface area contributed by atoms with Crippen LogP contribution < -0.4 is 15.8 Å². The van der Waals surface area contributed by atoms with Crippen LogP contribution in [0.15, 0.2) is 54.9 Å². The normalized spacial score (nSPS) is 11.3. The first kappa shape index (κ1) is 17.9. The Kier molecular flexibility index (Phi) is 4.02. The van der Waals surface area contributed by atoms with Crippen molar-refractivity contribution in [3.05, 3.63) is 60.7 Å². The van der Waals surface area contributed by atoms with Crippen LogP contribution in [0.5, 0.6) is 5.75 Å². The number of methoxy groups -OCH3 is 1. The Morgan fingerprint density at radius 2 is 1.97 bits per heavy atom. The van der Waals surface area contributed by atoms with Crippen LogP contribution >= 0.6 is 0 Å². The fourth-order valence-electron chi connectivity index (χ4n) is 3.53. The van der Waals surface area contributed by atoms with Gasteiger partial charge in [-0.3, -0.25) is 0 Å². The lowest BCUT2D eigenvalue weighted by Crippen LogP contribution is -2.06. The zero-order valence-electron chi connectivity index (χ0n) is 16.3. The van der Waals surface area contributed by atoms with Gasteiger partial charge in [-0.05, 0) is 12.1 Å². The monoisotopic (exact) mass is 403 g/mol. The first-order valence-corrected chi connectivity index (χ1v) is 9.21. The molecule has 30 heavy (non-hydrogen) atoms. The van der Waals surface area contributed by atoms with E-state index in [0.29, 0.717) is 28.9 Å². The molecule has 0 aliphatic heterocycles. The number of para-hydroxylation sites is 1. The Hall–Kier alpha value is -4.14. The highest BCUT2D eigenvalue weighted by Crippen LogP contribution is 2.33. The molecule has 0 bridgehead atoms. The number of fused-ring (bicyclic) bond motifs is 2. The fraction of sp³-hybridized carbons (Fsp3) is 0.0952. The van der Waals surface area contributed by atoms with Gasteiger partial charge < -0.3 is 20.4 Å². The summed E-state index contributed by atoms with van der Waals surface area (Å²) in [6.07, 6.45) is 3.67. The van der Waals surface area contributed by atoms with Crippen molar-refractivity contribution < 1.29 is 9.13 Å². The average Bonchev–Trinajstić information content (AvgIpc) is 3.35. The number of nitrogen functional groups attached to an aromatic ring is 1. The van der Waals surface area contributed by atoms with Crippen molar-refractivity contribution in [2.24, 2.45) is 7.05 Å². The number of hydrogen-bond acceptors (Lipinski definition) is 6. The predicted molar refractivity (Wildman–Crippen MR) is 113 cm³/mol. The summed E-state index contributed by atoms with van der Waals surface area (Å²) in [6.45, 7) is 0. The number of nitrogens with two attached hydrogens (primary N) is 1. The summed E-state index contributed by atoms with van der Waals surface area (Å²) in [6, 6.07) is 12.5. The van der Waals surface area contributed by atoms with Gasteiger partial charge in [-0.25, -0.2) is 4.39 Å². The molecule has 0 unspecified atom stereocenters. The average molecular weight is 403 g/mol. The first-order chi connectivity index (χ1) is 14.5. The van der Waals surface area contributed by atoms with Crippen LogP contribution in [0.2, 0.25) is 0 Å². The Bertz CT molecular complexity index is 1410.